The van der Waals surface area contributed by atoms with Crippen LogP contribution in [0.3, 0.4) is 0 Å². The second-order valence-electron chi connectivity index (χ2n) is 4.99. The van der Waals surface area contributed by atoms with Crippen molar-refractivity contribution in [1.29, 1.82) is 0 Å². The van der Waals surface area contributed by atoms with Crippen LogP contribution < -0.4 is 15.4 Å². The smallest absolute Gasteiger partial charge is 0.224 e. The lowest BCUT2D eigenvalue weighted by molar-refractivity contribution is -0.125. The molecule has 1 saturated heterocycles. The highest BCUT2D eigenvalue weighted by atomic mass is 16.5. The molecule has 0 aromatic heterocycles. The molecule has 1 fully saturated rings. The first-order chi connectivity index (χ1) is 9.22. The molecule has 1 aliphatic heterocycles. The predicted molar refractivity (Wildman–Crippen MR) is 75.3 cm³/mol. The average molecular weight is 262 g/mol. The molecule has 19 heavy (non-hydrogen) atoms. The molecule has 2 unspecified atom stereocenters. The first-order valence-electron chi connectivity index (χ1n) is 6.85. The van der Waals surface area contributed by atoms with Gasteiger partial charge in [-0.1, -0.05) is 18.2 Å². The first kappa shape index (κ1) is 13.9. The fourth-order valence-corrected chi connectivity index (χ4v) is 2.58. The third-order valence-electron chi connectivity index (χ3n) is 3.75. The summed E-state index contributed by atoms with van der Waals surface area (Å²) in [6, 6.07) is 8.20. The molecule has 0 saturated carbocycles. The minimum atomic E-state index is 0.109. The van der Waals surface area contributed by atoms with E-state index in [-0.39, 0.29) is 17.9 Å². The molecule has 0 aliphatic carbocycles. The number of carbonyl (C=O) groups is 1. The molecule has 2 rings (SSSR count). The Balaban J connectivity index is 1.81. The van der Waals surface area contributed by atoms with Crippen molar-refractivity contribution < 1.29 is 9.53 Å². The van der Waals surface area contributed by atoms with Crippen molar-refractivity contribution in [3.05, 3.63) is 29.8 Å². The van der Waals surface area contributed by atoms with Gasteiger partial charge in [0.25, 0.3) is 0 Å². The highest BCUT2D eigenvalue weighted by Gasteiger charge is 2.28. The van der Waals surface area contributed by atoms with Gasteiger partial charge in [0.1, 0.15) is 5.75 Å². The maximum absolute atomic E-state index is 12.0. The molecule has 2 atom stereocenters. The van der Waals surface area contributed by atoms with Crippen molar-refractivity contribution >= 4 is 5.91 Å². The lowest BCUT2D eigenvalue weighted by Gasteiger charge is -2.15. The summed E-state index contributed by atoms with van der Waals surface area (Å²) in [6.45, 7) is 3.66. The van der Waals surface area contributed by atoms with E-state index in [1.165, 1.54) is 0 Å². The predicted octanol–water partition coefficient (Wildman–Crippen LogP) is 1.35. The molecule has 0 spiro atoms. The van der Waals surface area contributed by atoms with E-state index in [0.29, 0.717) is 6.54 Å². The fraction of sp³-hybridized carbons (Fsp3) is 0.533. The monoisotopic (exact) mass is 262 g/mol. The van der Waals surface area contributed by atoms with E-state index >= 15 is 0 Å². The Hall–Kier alpha value is -1.55. The standard InChI is InChI=1S/C15H22N2O2/c1-11-13(8-10-16-11)15(18)17-9-7-12-5-3-4-6-14(12)19-2/h3-6,11,13,16H,7-10H2,1-2H3,(H,17,18). The molecular weight excluding hydrogens is 240 g/mol. The highest BCUT2D eigenvalue weighted by Crippen LogP contribution is 2.18. The number of hydrogen-bond donors (Lipinski definition) is 2. The van der Waals surface area contributed by atoms with Gasteiger partial charge in [-0.3, -0.25) is 4.79 Å². The second kappa shape index (κ2) is 6.57. The van der Waals surface area contributed by atoms with Crippen LogP contribution in [0.4, 0.5) is 0 Å². The van der Waals surface area contributed by atoms with Crippen molar-refractivity contribution in [3.8, 4) is 5.75 Å². The Labute approximate surface area is 114 Å². The number of rotatable bonds is 5. The van der Waals surface area contributed by atoms with E-state index in [1.807, 2.05) is 24.3 Å². The number of nitrogens with one attached hydrogen (secondary N) is 2. The fourth-order valence-electron chi connectivity index (χ4n) is 2.58. The van der Waals surface area contributed by atoms with Gasteiger partial charge < -0.3 is 15.4 Å². The van der Waals surface area contributed by atoms with Crippen molar-refractivity contribution in [2.24, 2.45) is 5.92 Å². The molecule has 2 N–H and O–H groups in total. The van der Waals surface area contributed by atoms with Gasteiger partial charge in [-0.25, -0.2) is 0 Å². The minimum Gasteiger partial charge on any atom is -0.496 e. The Kier molecular flexibility index (Phi) is 4.80. The summed E-state index contributed by atoms with van der Waals surface area (Å²) in [4.78, 5) is 12.0. The lowest BCUT2D eigenvalue weighted by atomic mass is 10.0. The molecule has 1 aliphatic rings. The molecular formula is C15H22N2O2. The summed E-state index contributed by atoms with van der Waals surface area (Å²) in [7, 11) is 1.67. The zero-order chi connectivity index (χ0) is 13.7. The first-order valence-corrected chi connectivity index (χ1v) is 6.85. The van der Waals surface area contributed by atoms with E-state index < -0.39 is 0 Å². The molecule has 0 bridgehead atoms. The Morgan fingerprint density at radius 2 is 2.26 bits per heavy atom. The van der Waals surface area contributed by atoms with Crippen LogP contribution in [0.15, 0.2) is 24.3 Å². The number of hydrogen-bond acceptors (Lipinski definition) is 3. The second-order valence-corrected chi connectivity index (χ2v) is 4.99. The number of ether oxygens (including phenoxy) is 1. The minimum absolute atomic E-state index is 0.109. The summed E-state index contributed by atoms with van der Waals surface area (Å²) in [6.07, 6.45) is 1.73. The van der Waals surface area contributed by atoms with Crippen molar-refractivity contribution in [2.45, 2.75) is 25.8 Å². The quantitative estimate of drug-likeness (QED) is 0.842. The largest absolute Gasteiger partial charge is 0.496 e. The topological polar surface area (TPSA) is 50.4 Å². The molecule has 0 radical (unpaired) electrons. The molecule has 1 aromatic carbocycles. The number of methoxy groups -OCH3 is 1. The van der Waals surface area contributed by atoms with Gasteiger partial charge in [-0.05, 0) is 37.9 Å². The number of amides is 1. The van der Waals surface area contributed by atoms with Gasteiger partial charge in [0.05, 0.1) is 13.0 Å². The normalized spacial score (nSPS) is 22.2. The number of carbonyl (C=O) groups excluding carboxylic acids is 1. The van der Waals surface area contributed by atoms with Crippen LogP contribution in [-0.4, -0.2) is 32.1 Å². The Morgan fingerprint density at radius 1 is 1.47 bits per heavy atom. The summed E-state index contributed by atoms with van der Waals surface area (Å²) in [5.41, 5.74) is 1.13. The third-order valence-corrected chi connectivity index (χ3v) is 3.75. The van der Waals surface area contributed by atoms with Crippen LogP contribution in [-0.2, 0) is 11.2 Å². The van der Waals surface area contributed by atoms with Crippen LogP contribution in [0.1, 0.15) is 18.9 Å². The van der Waals surface area contributed by atoms with Gasteiger partial charge in [-0.15, -0.1) is 0 Å². The Morgan fingerprint density at radius 3 is 2.95 bits per heavy atom. The van der Waals surface area contributed by atoms with Crippen LogP contribution in [0.2, 0.25) is 0 Å². The van der Waals surface area contributed by atoms with E-state index in [2.05, 4.69) is 17.6 Å². The maximum Gasteiger partial charge on any atom is 0.224 e. The zero-order valence-electron chi connectivity index (χ0n) is 11.6. The summed E-state index contributed by atoms with van der Waals surface area (Å²) in [5, 5.41) is 6.32. The van der Waals surface area contributed by atoms with E-state index in [0.717, 1.165) is 30.7 Å². The lowest BCUT2D eigenvalue weighted by Crippen LogP contribution is -2.37. The molecule has 104 valence electrons. The van der Waals surface area contributed by atoms with E-state index in [1.54, 1.807) is 7.11 Å². The zero-order valence-corrected chi connectivity index (χ0v) is 11.6. The molecule has 1 amide bonds. The van der Waals surface area contributed by atoms with Crippen LogP contribution in [0, 0.1) is 5.92 Å². The van der Waals surface area contributed by atoms with Gasteiger partial charge in [0, 0.05) is 12.6 Å². The van der Waals surface area contributed by atoms with Gasteiger partial charge in [-0.2, -0.15) is 0 Å². The van der Waals surface area contributed by atoms with Gasteiger partial charge in [0.2, 0.25) is 5.91 Å². The van der Waals surface area contributed by atoms with Gasteiger partial charge >= 0.3 is 0 Å². The highest BCUT2D eigenvalue weighted by molar-refractivity contribution is 5.79. The van der Waals surface area contributed by atoms with Gasteiger partial charge in [0.15, 0.2) is 0 Å². The van der Waals surface area contributed by atoms with Crippen molar-refractivity contribution in [1.82, 2.24) is 10.6 Å². The molecule has 1 heterocycles. The van der Waals surface area contributed by atoms with Crippen LogP contribution >= 0.6 is 0 Å². The van der Waals surface area contributed by atoms with E-state index in [9.17, 15) is 4.79 Å². The Bertz CT molecular complexity index is 434. The molecule has 1 aromatic rings. The summed E-state index contributed by atoms with van der Waals surface area (Å²) < 4.78 is 5.30. The molecule has 4 nitrogen and oxygen atoms in total. The van der Waals surface area contributed by atoms with Crippen LogP contribution in [0.25, 0.3) is 0 Å². The summed E-state index contributed by atoms with van der Waals surface area (Å²) in [5.74, 6) is 1.15. The molecule has 4 heteroatoms. The van der Waals surface area contributed by atoms with E-state index in [4.69, 9.17) is 4.74 Å². The van der Waals surface area contributed by atoms with Crippen LogP contribution in [0.5, 0.6) is 5.75 Å². The number of benzene rings is 1. The average Bonchev–Trinajstić information content (AvgIpc) is 2.85. The third kappa shape index (κ3) is 3.47. The van der Waals surface area contributed by atoms with Crippen molar-refractivity contribution in [3.63, 3.8) is 0 Å². The summed E-state index contributed by atoms with van der Waals surface area (Å²) >= 11 is 0. The SMILES string of the molecule is COc1ccccc1CCNC(=O)C1CCNC1C. The van der Waals surface area contributed by atoms with Crippen molar-refractivity contribution in [2.75, 3.05) is 20.2 Å². The maximum atomic E-state index is 12.0. The number of para-hydroxylation sites is 1.